The molecule has 1 fully saturated rings. The fraction of sp³-hybridized carbons (Fsp3) is 0.857. The lowest BCUT2D eigenvalue weighted by molar-refractivity contribution is -0.138. The molecule has 1 aliphatic heterocycles. The third kappa shape index (κ3) is 3.08. The van der Waals surface area contributed by atoms with Crippen LogP contribution in [0.4, 0.5) is 0 Å². The van der Waals surface area contributed by atoms with Crippen LogP contribution in [-0.4, -0.2) is 41.0 Å². The van der Waals surface area contributed by atoms with E-state index in [0.717, 1.165) is 25.9 Å². The first-order valence-electron chi connectivity index (χ1n) is 3.76. The van der Waals surface area contributed by atoms with Crippen LogP contribution >= 0.6 is 11.6 Å². The van der Waals surface area contributed by atoms with E-state index >= 15 is 0 Å². The van der Waals surface area contributed by atoms with Crippen molar-refractivity contribution in [2.24, 2.45) is 0 Å². The zero-order valence-corrected chi connectivity index (χ0v) is 7.05. The van der Waals surface area contributed by atoms with Crippen molar-refractivity contribution in [3.05, 3.63) is 0 Å². The smallest absolute Gasteiger partial charge is 0.317 e. The third-order valence-corrected chi connectivity index (χ3v) is 2.31. The van der Waals surface area contributed by atoms with Gasteiger partial charge in [-0.05, 0) is 12.8 Å². The number of piperidine rings is 1. The molecule has 1 N–H and O–H groups in total. The van der Waals surface area contributed by atoms with Crippen LogP contribution in [0.5, 0.6) is 0 Å². The summed E-state index contributed by atoms with van der Waals surface area (Å²) in [7, 11) is 0. The van der Waals surface area contributed by atoms with Crippen molar-refractivity contribution in [1.29, 1.82) is 0 Å². The van der Waals surface area contributed by atoms with E-state index in [0.29, 0.717) is 0 Å². The molecule has 0 amide bonds. The highest BCUT2D eigenvalue weighted by atomic mass is 35.5. The number of alkyl halides is 1. The molecule has 1 heterocycles. The van der Waals surface area contributed by atoms with Gasteiger partial charge in [-0.3, -0.25) is 9.69 Å². The van der Waals surface area contributed by atoms with Crippen molar-refractivity contribution >= 4 is 17.6 Å². The lowest BCUT2D eigenvalue weighted by Gasteiger charge is -2.27. The van der Waals surface area contributed by atoms with E-state index in [-0.39, 0.29) is 11.9 Å². The standard InChI is InChI=1S/C7H12ClNO2/c8-6-1-3-9(4-2-6)5-7(10)11/h6H,1-5H2,(H,10,11). The lowest BCUT2D eigenvalue weighted by Crippen LogP contribution is -2.37. The van der Waals surface area contributed by atoms with Crippen LogP contribution in [0, 0.1) is 0 Å². The number of likely N-dealkylation sites (tertiary alicyclic amines) is 1. The quantitative estimate of drug-likeness (QED) is 0.634. The summed E-state index contributed by atoms with van der Waals surface area (Å²) < 4.78 is 0. The van der Waals surface area contributed by atoms with Crippen molar-refractivity contribution in [1.82, 2.24) is 4.90 Å². The Bertz CT molecular complexity index is 143. The van der Waals surface area contributed by atoms with Gasteiger partial charge in [0.2, 0.25) is 0 Å². The molecule has 1 rings (SSSR count). The van der Waals surface area contributed by atoms with E-state index < -0.39 is 5.97 Å². The summed E-state index contributed by atoms with van der Waals surface area (Å²) in [5, 5.41) is 8.71. The highest BCUT2D eigenvalue weighted by Crippen LogP contribution is 2.14. The summed E-state index contributed by atoms with van der Waals surface area (Å²) in [6.07, 6.45) is 1.82. The van der Waals surface area contributed by atoms with E-state index in [1.54, 1.807) is 0 Å². The molecule has 0 aromatic carbocycles. The Morgan fingerprint density at radius 1 is 1.55 bits per heavy atom. The first-order chi connectivity index (χ1) is 5.18. The number of aliphatic carboxylic acids is 1. The first-order valence-corrected chi connectivity index (χ1v) is 4.20. The van der Waals surface area contributed by atoms with Gasteiger partial charge in [-0.15, -0.1) is 11.6 Å². The van der Waals surface area contributed by atoms with Crippen molar-refractivity contribution in [3.8, 4) is 0 Å². The normalized spacial score (nSPS) is 21.9. The number of rotatable bonds is 2. The molecule has 4 heteroatoms. The topological polar surface area (TPSA) is 40.5 Å². The fourth-order valence-electron chi connectivity index (χ4n) is 1.25. The SMILES string of the molecule is O=C(O)CN1CCC(Cl)CC1. The van der Waals surface area contributed by atoms with E-state index in [9.17, 15) is 4.79 Å². The number of hydrogen-bond acceptors (Lipinski definition) is 2. The molecule has 3 nitrogen and oxygen atoms in total. The highest BCUT2D eigenvalue weighted by Gasteiger charge is 2.18. The van der Waals surface area contributed by atoms with Gasteiger partial charge in [0.05, 0.1) is 6.54 Å². The summed E-state index contributed by atoms with van der Waals surface area (Å²) in [6.45, 7) is 1.80. The predicted octanol–water partition coefficient (Wildman–Crippen LogP) is 0.774. The minimum Gasteiger partial charge on any atom is -0.480 e. The Morgan fingerprint density at radius 3 is 2.55 bits per heavy atom. The second-order valence-electron chi connectivity index (χ2n) is 2.84. The van der Waals surface area contributed by atoms with Crippen LogP contribution in [0.3, 0.4) is 0 Å². The average molecular weight is 178 g/mol. The Hall–Kier alpha value is -0.280. The summed E-state index contributed by atoms with van der Waals surface area (Å²) in [4.78, 5) is 12.2. The molecule has 0 spiro atoms. The largest absolute Gasteiger partial charge is 0.480 e. The van der Waals surface area contributed by atoms with Crippen LogP contribution in [0.25, 0.3) is 0 Å². The number of hydrogen-bond donors (Lipinski definition) is 1. The van der Waals surface area contributed by atoms with E-state index in [4.69, 9.17) is 16.7 Å². The minimum absolute atomic E-state index is 0.156. The summed E-state index contributed by atoms with van der Waals surface area (Å²) >= 11 is 5.84. The minimum atomic E-state index is -0.752. The molecule has 64 valence electrons. The average Bonchev–Trinajstić information content (AvgIpc) is 1.93. The van der Waals surface area contributed by atoms with Gasteiger partial charge in [0.1, 0.15) is 0 Å². The predicted molar refractivity (Wildman–Crippen MR) is 43.0 cm³/mol. The van der Waals surface area contributed by atoms with Crippen LogP contribution < -0.4 is 0 Å². The molecule has 0 unspecified atom stereocenters. The molecular weight excluding hydrogens is 166 g/mol. The Balaban J connectivity index is 2.22. The van der Waals surface area contributed by atoms with E-state index in [1.807, 2.05) is 4.90 Å². The molecule has 0 aliphatic carbocycles. The molecule has 0 radical (unpaired) electrons. The van der Waals surface area contributed by atoms with Crippen molar-refractivity contribution < 1.29 is 9.90 Å². The van der Waals surface area contributed by atoms with E-state index in [2.05, 4.69) is 0 Å². The van der Waals surface area contributed by atoms with Crippen molar-refractivity contribution in [2.75, 3.05) is 19.6 Å². The number of halogens is 1. The Kier molecular flexibility index (Phi) is 3.15. The van der Waals surface area contributed by atoms with Gasteiger partial charge >= 0.3 is 5.97 Å². The highest BCUT2D eigenvalue weighted by molar-refractivity contribution is 6.20. The van der Waals surface area contributed by atoms with Gasteiger partial charge in [0, 0.05) is 18.5 Å². The molecule has 0 aromatic rings. The van der Waals surface area contributed by atoms with Crippen LogP contribution in [0.2, 0.25) is 0 Å². The monoisotopic (exact) mass is 177 g/mol. The number of carboxylic acid groups (broad SMARTS) is 1. The lowest BCUT2D eigenvalue weighted by atomic mass is 10.1. The number of carboxylic acids is 1. The number of nitrogens with zero attached hydrogens (tertiary/aromatic N) is 1. The summed E-state index contributed by atoms with van der Waals surface area (Å²) in [5.74, 6) is -0.752. The second-order valence-corrected chi connectivity index (χ2v) is 3.46. The van der Waals surface area contributed by atoms with Crippen molar-refractivity contribution in [3.63, 3.8) is 0 Å². The van der Waals surface area contributed by atoms with Crippen LogP contribution in [-0.2, 0) is 4.79 Å². The fourth-order valence-corrected chi connectivity index (χ4v) is 1.45. The summed E-state index contributed by atoms with van der Waals surface area (Å²) in [5.41, 5.74) is 0. The molecule has 0 bridgehead atoms. The third-order valence-electron chi connectivity index (χ3n) is 1.88. The van der Waals surface area contributed by atoms with Gasteiger partial charge in [-0.1, -0.05) is 0 Å². The van der Waals surface area contributed by atoms with Gasteiger partial charge in [-0.25, -0.2) is 0 Å². The molecule has 1 aliphatic rings. The zero-order valence-electron chi connectivity index (χ0n) is 6.29. The maximum Gasteiger partial charge on any atom is 0.317 e. The molecule has 11 heavy (non-hydrogen) atoms. The second kappa shape index (κ2) is 3.93. The Labute approximate surface area is 70.9 Å². The molecule has 1 saturated heterocycles. The first kappa shape index (κ1) is 8.81. The number of carbonyl (C=O) groups is 1. The van der Waals surface area contributed by atoms with Gasteiger partial charge in [0.15, 0.2) is 0 Å². The zero-order chi connectivity index (χ0) is 8.27. The summed E-state index contributed by atoms with van der Waals surface area (Å²) in [6, 6.07) is 0. The molecule has 0 saturated carbocycles. The van der Waals surface area contributed by atoms with Gasteiger partial charge < -0.3 is 5.11 Å². The van der Waals surface area contributed by atoms with Gasteiger partial charge in [0.25, 0.3) is 0 Å². The van der Waals surface area contributed by atoms with Crippen LogP contribution in [0.15, 0.2) is 0 Å². The van der Waals surface area contributed by atoms with Crippen molar-refractivity contribution in [2.45, 2.75) is 18.2 Å². The maximum atomic E-state index is 10.3. The van der Waals surface area contributed by atoms with Crippen LogP contribution in [0.1, 0.15) is 12.8 Å². The Morgan fingerprint density at radius 2 is 2.09 bits per heavy atom. The molecule has 0 atom stereocenters. The van der Waals surface area contributed by atoms with Gasteiger partial charge in [-0.2, -0.15) is 0 Å². The maximum absolute atomic E-state index is 10.3. The molecule has 0 aromatic heterocycles. The van der Waals surface area contributed by atoms with E-state index in [1.165, 1.54) is 0 Å². The molecular formula is C7H12ClNO2.